The van der Waals surface area contributed by atoms with Crippen molar-refractivity contribution < 1.29 is 69.1 Å². The number of esters is 3. The van der Waals surface area contributed by atoms with Crippen molar-refractivity contribution in [2.75, 3.05) is 0 Å². The van der Waals surface area contributed by atoms with Crippen LogP contribution in [0.3, 0.4) is 0 Å². The van der Waals surface area contributed by atoms with E-state index < -0.39 is 78.8 Å². The van der Waals surface area contributed by atoms with Gasteiger partial charge in [0.05, 0.1) is 11.8 Å². The summed E-state index contributed by atoms with van der Waals surface area (Å²) in [5.41, 5.74) is 0. The molecule has 15 heteroatoms. The molecule has 41 heavy (non-hydrogen) atoms. The molecule has 9 nitrogen and oxygen atoms in total. The van der Waals surface area contributed by atoms with Crippen LogP contribution < -0.4 is 0 Å². The van der Waals surface area contributed by atoms with E-state index in [-0.39, 0.29) is 37.5 Å². The van der Waals surface area contributed by atoms with Crippen molar-refractivity contribution >= 4 is 17.9 Å². The number of hydrogen-bond acceptors (Lipinski definition) is 9. The Morgan fingerprint density at radius 2 is 1.56 bits per heavy atom. The lowest BCUT2D eigenvalue weighted by atomic mass is 9.76. The van der Waals surface area contributed by atoms with Crippen LogP contribution in [0.5, 0.6) is 0 Å². The standard InChI is InChI=1S/C26H30F6O9/c1-9-10(2)13-7-12(9)8-14(13)20(34)37-17-15-16(36-21(17)35)18-22(38-15)41-24(40-18)5-3-11(4-6-24)19(33)39-23(25(27,28)29)26(30,31)32/h9-18,22-23H,3-8H2,1-2H3. The fraction of sp³-hybridized carbons (Fsp3) is 0.885. The van der Waals surface area contributed by atoms with E-state index in [0.29, 0.717) is 24.2 Å². The van der Waals surface area contributed by atoms with Crippen molar-refractivity contribution in [1.29, 1.82) is 0 Å². The molecule has 3 heterocycles. The first-order chi connectivity index (χ1) is 19.1. The van der Waals surface area contributed by atoms with E-state index >= 15 is 0 Å². The lowest BCUT2D eigenvalue weighted by molar-refractivity contribution is -0.315. The Labute approximate surface area is 230 Å². The van der Waals surface area contributed by atoms with Gasteiger partial charge in [-0.3, -0.25) is 9.59 Å². The summed E-state index contributed by atoms with van der Waals surface area (Å²) in [7, 11) is 0. The highest BCUT2D eigenvalue weighted by Gasteiger charge is 2.67. The summed E-state index contributed by atoms with van der Waals surface area (Å²) >= 11 is 0. The topological polar surface area (TPSA) is 107 Å². The van der Waals surface area contributed by atoms with Crippen molar-refractivity contribution in [3.63, 3.8) is 0 Å². The van der Waals surface area contributed by atoms with Crippen LogP contribution >= 0.6 is 0 Å². The molecule has 10 unspecified atom stereocenters. The molecule has 0 aromatic rings. The van der Waals surface area contributed by atoms with E-state index in [0.717, 1.165) is 6.42 Å². The highest BCUT2D eigenvalue weighted by Crippen LogP contribution is 2.56. The Balaban J connectivity index is 1.03. The fourth-order valence-electron chi connectivity index (χ4n) is 7.67. The smallest absolute Gasteiger partial charge is 0.434 e. The SMILES string of the molecule is CC1C2CC(C(=O)OC3C(=O)OC4C5OC6(CCC(C(=O)OC(C(F)(F)F)C(F)(F)F)CC6)OC5OC34)C(C2)C1C. The number of carbonyl (C=O) groups is 3. The second-order valence-corrected chi connectivity index (χ2v) is 12.2. The monoisotopic (exact) mass is 600 g/mol. The first-order valence-corrected chi connectivity index (χ1v) is 13.8. The number of alkyl halides is 6. The van der Waals surface area contributed by atoms with Gasteiger partial charge in [-0.05, 0) is 49.4 Å². The van der Waals surface area contributed by atoms with Gasteiger partial charge in [0.1, 0.15) is 6.10 Å². The zero-order valence-corrected chi connectivity index (χ0v) is 22.1. The summed E-state index contributed by atoms with van der Waals surface area (Å²) in [4.78, 5) is 37.8. The highest BCUT2D eigenvalue weighted by molar-refractivity contribution is 5.83. The van der Waals surface area contributed by atoms with Crippen LogP contribution in [-0.4, -0.2) is 72.9 Å². The second-order valence-electron chi connectivity index (χ2n) is 12.2. The summed E-state index contributed by atoms with van der Waals surface area (Å²) < 4.78 is 109. The summed E-state index contributed by atoms with van der Waals surface area (Å²) in [6.45, 7) is 4.31. The summed E-state index contributed by atoms with van der Waals surface area (Å²) in [5.74, 6) is -4.13. The first kappa shape index (κ1) is 29.0. The minimum Gasteiger partial charge on any atom is -0.454 e. The van der Waals surface area contributed by atoms with Gasteiger partial charge < -0.3 is 28.4 Å². The largest absolute Gasteiger partial charge is 0.454 e. The molecule has 6 aliphatic rings. The van der Waals surface area contributed by atoms with Crippen molar-refractivity contribution in [3.8, 4) is 0 Å². The Bertz CT molecular complexity index is 1070. The van der Waals surface area contributed by atoms with Crippen LogP contribution in [0.2, 0.25) is 0 Å². The minimum absolute atomic E-state index is 0.0452. The number of rotatable bonds is 4. The maximum absolute atomic E-state index is 13.0. The van der Waals surface area contributed by atoms with Crippen molar-refractivity contribution in [1.82, 2.24) is 0 Å². The van der Waals surface area contributed by atoms with E-state index in [4.69, 9.17) is 23.7 Å². The molecule has 3 saturated carbocycles. The van der Waals surface area contributed by atoms with Gasteiger partial charge in [0.15, 0.2) is 24.3 Å². The van der Waals surface area contributed by atoms with Crippen LogP contribution in [0, 0.1) is 35.5 Å². The van der Waals surface area contributed by atoms with E-state index in [1.165, 1.54) is 0 Å². The van der Waals surface area contributed by atoms with E-state index in [1.54, 1.807) is 0 Å². The van der Waals surface area contributed by atoms with Crippen LogP contribution in [-0.2, 0) is 42.8 Å². The first-order valence-electron chi connectivity index (χ1n) is 13.8. The number of fused-ring (bicyclic) bond motifs is 5. The zero-order chi connectivity index (χ0) is 29.6. The molecule has 10 atom stereocenters. The number of carbonyl (C=O) groups excluding carboxylic acids is 3. The predicted molar refractivity (Wildman–Crippen MR) is 119 cm³/mol. The van der Waals surface area contributed by atoms with Gasteiger partial charge in [-0.25, -0.2) is 4.79 Å². The predicted octanol–water partition coefficient (Wildman–Crippen LogP) is 3.82. The number of halogens is 6. The van der Waals surface area contributed by atoms with Gasteiger partial charge in [0, 0.05) is 12.8 Å². The minimum atomic E-state index is -5.80. The summed E-state index contributed by atoms with van der Waals surface area (Å²) in [6.07, 6.45) is -19.6. The van der Waals surface area contributed by atoms with E-state index in [1.807, 2.05) is 0 Å². The van der Waals surface area contributed by atoms with Crippen molar-refractivity contribution in [2.24, 2.45) is 35.5 Å². The molecule has 6 fully saturated rings. The quantitative estimate of drug-likeness (QED) is 0.271. The van der Waals surface area contributed by atoms with Crippen LogP contribution in [0.15, 0.2) is 0 Å². The summed E-state index contributed by atoms with van der Waals surface area (Å²) in [5, 5.41) is 0. The van der Waals surface area contributed by atoms with E-state index in [2.05, 4.69) is 18.6 Å². The number of hydrogen-bond donors (Lipinski definition) is 0. The van der Waals surface area contributed by atoms with Gasteiger partial charge in [-0.1, -0.05) is 13.8 Å². The molecular weight excluding hydrogens is 570 g/mol. The molecule has 2 bridgehead atoms. The van der Waals surface area contributed by atoms with Crippen molar-refractivity contribution in [2.45, 2.75) is 107 Å². The number of ether oxygens (including phenoxy) is 6. The van der Waals surface area contributed by atoms with Gasteiger partial charge in [-0.2, -0.15) is 26.3 Å². The third-order valence-electron chi connectivity index (χ3n) is 10.0. The lowest BCUT2D eigenvalue weighted by Gasteiger charge is -2.36. The maximum Gasteiger partial charge on any atom is 0.434 e. The molecule has 0 radical (unpaired) electrons. The second kappa shape index (κ2) is 9.69. The molecule has 3 aliphatic heterocycles. The molecule has 1 spiro atoms. The Morgan fingerprint density at radius 1 is 0.902 bits per heavy atom. The third-order valence-corrected chi connectivity index (χ3v) is 10.0. The molecule has 0 amide bonds. The highest BCUT2D eigenvalue weighted by atomic mass is 19.4. The Morgan fingerprint density at radius 3 is 2.15 bits per heavy atom. The molecule has 0 aromatic heterocycles. The Hall–Kier alpha value is -2.13. The van der Waals surface area contributed by atoms with Crippen LogP contribution in [0.4, 0.5) is 26.3 Å². The molecular formula is C26H30F6O9. The molecule has 230 valence electrons. The van der Waals surface area contributed by atoms with Gasteiger partial charge in [0.2, 0.25) is 6.10 Å². The van der Waals surface area contributed by atoms with Crippen LogP contribution in [0.1, 0.15) is 52.4 Å². The molecule has 3 saturated heterocycles. The third kappa shape index (κ3) is 4.89. The molecule has 3 aliphatic carbocycles. The van der Waals surface area contributed by atoms with Gasteiger partial charge in [0.25, 0.3) is 6.10 Å². The maximum atomic E-state index is 13.0. The van der Waals surface area contributed by atoms with Gasteiger partial charge >= 0.3 is 30.3 Å². The van der Waals surface area contributed by atoms with Crippen LogP contribution in [0.25, 0.3) is 0 Å². The normalized spacial score (nSPS) is 45.2. The Kier molecular flexibility index (Phi) is 6.85. The molecule has 6 rings (SSSR count). The zero-order valence-electron chi connectivity index (χ0n) is 22.1. The summed E-state index contributed by atoms with van der Waals surface area (Å²) in [6, 6.07) is 0. The average Bonchev–Trinajstić information content (AvgIpc) is 3.65. The van der Waals surface area contributed by atoms with Crippen molar-refractivity contribution in [3.05, 3.63) is 0 Å². The van der Waals surface area contributed by atoms with E-state index in [9.17, 15) is 40.7 Å². The molecule has 0 aromatic carbocycles. The fourth-order valence-corrected chi connectivity index (χ4v) is 7.67. The molecule has 0 N–H and O–H groups in total. The average molecular weight is 601 g/mol. The lowest BCUT2D eigenvalue weighted by Crippen LogP contribution is -2.47. The van der Waals surface area contributed by atoms with Gasteiger partial charge in [-0.15, -0.1) is 0 Å².